The molecule has 4 aromatic rings. The number of pyridine rings is 1. The largest absolute Gasteiger partial charge is 0.495 e. The van der Waals surface area contributed by atoms with E-state index in [0.29, 0.717) is 32.4 Å². The number of carbonyl (C=O) groups is 1. The van der Waals surface area contributed by atoms with Crippen molar-refractivity contribution in [1.29, 1.82) is 0 Å². The lowest BCUT2D eigenvalue weighted by Crippen LogP contribution is -2.27. The summed E-state index contributed by atoms with van der Waals surface area (Å²) in [6.45, 7) is 3.66. The third-order valence-electron chi connectivity index (χ3n) is 4.81. The zero-order valence-corrected chi connectivity index (χ0v) is 18.8. The van der Waals surface area contributed by atoms with Crippen molar-refractivity contribution in [2.24, 2.45) is 0 Å². The van der Waals surface area contributed by atoms with Crippen LogP contribution in [0.15, 0.2) is 29.3 Å². The number of hydrogen-bond donors (Lipinski definition) is 1. The number of fused-ring (bicyclic) bond motifs is 3. The molecular weight excluding hydrogens is 440 g/mol. The molecule has 0 fully saturated rings. The van der Waals surface area contributed by atoms with Crippen molar-refractivity contribution in [3.8, 4) is 11.5 Å². The van der Waals surface area contributed by atoms with Crippen molar-refractivity contribution in [3.05, 3.63) is 51.2 Å². The Labute approximate surface area is 186 Å². The summed E-state index contributed by atoms with van der Waals surface area (Å²) in [6.07, 6.45) is 1.38. The Balaban J connectivity index is 1.66. The normalized spacial score (nSPS) is 11.1. The molecule has 0 saturated carbocycles. The molecule has 0 unspecified atom stereocenters. The van der Waals surface area contributed by atoms with Crippen LogP contribution in [-0.2, 0) is 11.3 Å². The summed E-state index contributed by atoms with van der Waals surface area (Å²) in [7, 11) is 2.96. The number of halogens is 1. The van der Waals surface area contributed by atoms with Gasteiger partial charge in [0.05, 0.1) is 36.8 Å². The topological polar surface area (TPSA) is 95.3 Å². The second-order valence-electron chi connectivity index (χ2n) is 6.95. The standard InChI is InChI=1S/C21H19ClN4O4S/c1-10-5-11(2)24-20-17(10)18-19(31-20)21(28)26(9-23-18)8-16(27)25-13-6-12(22)14(29-3)7-15(13)30-4/h5-7,9H,8H2,1-4H3,(H,25,27). The zero-order valence-electron chi connectivity index (χ0n) is 17.3. The second kappa shape index (κ2) is 8.16. The highest BCUT2D eigenvalue weighted by Crippen LogP contribution is 2.36. The number of hydrogen-bond acceptors (Lipinski definition) is 7. The molecule has 3 aromatic heterocycles. The van der Waals surface area contributed by atoms with Crippen LogP contribution in [0.5, 0.6) is 11.5 Å². The minimum absolute atomic E-state index is 0.214. The molecule has 1 amide bonds. The number of rotatable bonds is 5. The predicted octanol–water partition coefficient (Wildman–Crippen LogP) is 3.93. The van der Waals surface area contributed by atoms with Crippen LogP contribution < -0.4 is 20.3 Å². The van der Waals surface area contributed by atoms with Crippen molar-refractivity contribution in [3.63, 3.8) is 0 Å². The quantitative estimate of drug-likeness (QED) is 0.486. The number of anilines is 1. The van der Waals surface area contributed by atoms with Gasteiger partial charge in [0.15, 0.2) is 0 Å². The molecule has 0 radical (unpaired) electrons. The van der Waals surface area contributed by atoms with Gasteiger partial charge < -0.3 is 14.8 Å². The monoisotopic (exact) mass is 458 g/mol. The van der Waals surface area contributed by atoms with Gasteiger partial charge >= 0.3 is 0 Å². The van der Waals surface area contributed by atoms with Crippen molar-refractivity contribution >= 4 is 55.0 Å². The predicted molar refractivity (Wildman–Crippen MR) is 122 cm³/mol. The highest BCUT2D eigenvalue weighted by Gasteiger charge is 2.17. The van der Waals surface area contributed by atoms with Gasteiger partial charge in [0, 0.05) is 17.1 Å². The first-order valence-corrected chi connectivity index (χ1v) is 10.5. The van der Waals surface area contributed by atoms with E-state index in [-0.39, 0.29) is 12.1 Å². The Hall–Kier alpha value is -3.17. The van der Waals surface area contributed by atoms with E-state index in [1.165, 1.54) is 42.5 Å². The number of ether oxygens (including phenoxy) is 2. The van der Waals surface area contributed by atoms with Gasteiger partial charge in [0.25, 0.3) is 5.56 Å². The van der Waals surface area contributed by atoms with E-state index in [1.807, 2.05) is 19.9 Å². The van der Waals surface area contributed by atoms with E-state index in [1.54, 1.807) is 6.07 Å². The lowest BCUT2D eigenvalue weighted by atomic mass is 10.1. The van der Waals surface area contributed by atoms with E-state index in [2.05, 4.69) is 15.3 Å². The maximum absolute atomic E-state index is 13.0. The zero-order chi connectivity index (χ0) is 22.3. The van der Waals surface area contributed by atoms with Crippen molar-refractivity contribution in [1.82, 2.24) is 14.5 Å². The van der Waals surface area contributed by atoms with Gasteiger partial charge in [-0.05, 0) is 31.5 Å². The number of nitrogens with zero attached hydrogens (tertiary/aromatic N) is 3. The van der Waals surface area contributed by atoms with Gasteiger partial charge in [-0.1, -0.05) is 11.6 Å². The van der Waals surface area contributed by atoms with Crippen molar-refractivity contribution < 1.29 is 14.3 Å². The molecule has 0 spiro atoms. The number of aromatic nitrogens is 3. The van der Waals surface area contributed by atoms with Gasteiger partial charge in [-0.2, -0.15) is 0 Å². The van der Waals surface area contributed by atoms with E-state index in [9.17, 15) is 9.59 Å². The summed E-state index contributed by atoms with van der Waals surface area (Å²) in [5.41, 5.74) is 2.58. The van der Waals surface area contributed by atoms with Crippen LogP contribution in [0.4, 0.5) is 5.69 Å². The number of methoxy groups -OCH3 is 2. The fraction of sp³-hybridized carbons (Fsp3) is 0.238. The summed E-state index contributed by atoms with van der Waals surface area (Å²) in [4.78, 5) is 35.4. The molecule has 0 atom stereocenters. The molecule has 8 nitrogen and oxygen atoms in total. The van der Waals surface area contributed by atoms with Crippen LogP contribution in [0.3, 0.4) is 0 Å². The van der Waals surface area contributed by atoms with E-state index in [4.69, 9.17) is 21.1 Å². The number of nitrogens with one attached hydrogen (secondary N) is 1. The average molecular weight is 459 g/mol. The van der Waals surface area contributed by atoms with Crippen LogP contribution in [0, 0.1) is 13.8 Å². The highest BCUT2D eigenvalue weighted by molar-refractivity contribution is 7.25. The third-order valence-corrected chi connectivity index (χ3v) is 6.16. The smallest absolute Gasteiger partial charge is 0.271 e. The fourth-order valence-electron chi connectivity index (χ4n) is 3.42. The van der Waals surface area contributed by atoms with Crippen LogP contribution in [0.25, 0.3) is 20.4 Å². The molecule has 3 heterocycles. The number of amides is 1. The molecule has 10 heteroatoms. The molecule has 0 saturated heterocycles. The van der Waals surface area contributed by atoms with Gasteiger partial charge in [0.2, 0.25) is 5.91 Å². The lowest BCUT2D eigenvalue weighted by molar-refractivity contribution is -0.116. The SMILES string of the molecule is COc1cc(OC)c(NC(=O)Cn2cnc3c(sc4nc(C)cc(C)c43)c2=O)cc1Cl. The van der Waals surface area contributed by atoms with E-state index < -0.39 is 5.91 Å². The number of thiophene rings is 1. The van der Waals surface area contributed by atoms with Gasteiger partial charge in [-0.25, -0.2) is 9.97 Å². The molecule has 160 valence electrons. The number of aryl methyl sites for hydroxylation is 2. The fourth-order valence-corrected chi connectivity index (χ4v) is 4.86. The Bertz CT molecular complexity index is 1400. The second-order valence-corrected chi connectivity index (χ2v) is 8.36. The van der Waals surface area contributed by atoms with Crippen LogP contribution in [0.1, 0.15) is 11.3 Å². The molecule has 0 aliphatic carbocycles. The molecule has 1 aromatic carbocycles. The Morgan fingerprint density at radius 2 is 1.94 bits per heavy atom. The lowest BCUT2D eigenvalue weighted by Gasteiger charge is -2.13. The molecule has 0 bridgehead atoms. The third kappa shape index (κ3) is 3.82. The van der Waals surface area contributed by atoms with Crippen LogP contribution in [-0.4, -0.2) is 34.7 Å². The van der Waals surface area contributed by atoms with Gasteiger partial charge in [-0.15, -0.1) is 11.3 Å². The molecule has 4 rings (SSSR count). The highest BCUT2D eigenvalue weighted by atomic mass is 35.5. The molecule has 0 aliphatic heterocycles. The van der Waals surface area contributed by atoms with Crippen molar-refractivity contribution in [2.75, 3.05) is 19.5 Å². The molecule has 1 N–H and O–H groups in total. The number of benzene rings is 1. The van der Waals surface area contributed by atoms with Crippen LogP contribution in [0.2, 0.25) is 5.02 Å². The minimum Gasteiger partial charge on any atom is -0.495 e. The first kappa shape index (κ1) is 21.1. The first-order valence-electron chi connectivity index (χ1n) is 9.29. The summed E-state index contributed by atoms with van der Waals surface area (Å²) in [6, 6.07) is 5.07. The van der Waals surface area contributed by atoms with Crippen molar-refractivity contribution in [2.45, 2.75) is 20.4 Å². The van der Waals surface area contributed by atoms with Gasteiger partial charge in [0.1, 0.15) is 27.6 Å². The Morgan fingerprint density at radius 3 is 2.65 bits per heavy atom. The summed E-state index contributed by atoms with van der Waals surface area (Å²) < 4.78 is 12.2. The van der Waals surface area contributed by atoms with Crippen LogP contribution >= 0.6 is 22.9 Å². The molecule has 31 heavy (non-hydrogen) atoms. The number of carbonyl (C=O) groups excluding carboxylic acids is 1. The Morgan fingerprint density at radius 1 is 1.19 bits per heavy atom. The molecular formula is C21H19ClN4O4S. The Kier molecular flexibility index (Phi) is 5.55. The summed E-state index contributed by atoms with van der Waals surface area (Å²) in [5.74, 6) is 0.386. The van der Waals surface area contributed by atoms with E-state index >= 15 is 0 Å². The maximum Gasteiger partial charge on any atom is 0.271 e. The first-order chi connectivity index (χ1) is 14.8. The van der Waals surface area contributed by atoms with Gasteiger partial charge in [-0.3, -0.25) is 14.2 Å². The molecule has 0 aliphatic rings. The maximum atomic E-state index is 13.0. The average Bonchev–Trinajstić information content (AvgIpc) is 3.09. The minimum atomic E-state index is -0.422. The summed E-state index contributed by atoms with van der Waals surface area (Å²) >= 11 is 7.44. The summed E-state index contributed by atoms with van der Waals surface area (Å²) in [5, 5.41) is 3.91. The van der Waals surface area contributed by atoms with E-state index in [0.717, 1.165) is 21.5 Å².